The highest BCUT2D eigenvalue weighted by atomic mass is 16.5. The summed E-state index contributed by atoms with van der Waals surface area (Å²) in [4.78, 5) is 50.7. The van der Waals surface area contributed by atoms with Gasteiger partial charge in [0.1, 0.15) is 18.7 Å². The van der Waals surface area contributed by atoms with Crippen molar-refractivity contribution < 1.29 is 29.0 Å². The van der Waals surface area contributed by atoms with Crippen LogP contribution in [0, 0.1) is 5.92 Å². The second kappa shape index (κ2) is 15.0. The fourth-order valence-corrected chi connectivity index (χ4v) is 5.27. The van der Waals surface area contributed by atoms with E-state index in [2.05, 4.69) is 21.3 Å². The van der Waals surface area contributed by atoms with Gasteiger partial charge in [-0.15, -0.1) is 0 Å². The van der Waals surface area contributed by atoms with Crippen molar-refractivity contribution >= 4 is 29.6 Å². The Labute approximate surface area is 256 Å². The number of nitrogens with one attached hydrogen (secondary N) is 4. The number of anilines is 1. The van der Waals surface area contributed by atoms with Gasteiger partial charge in [-0.05, 0) is 58.7 Å². The molecule has 0 fully saturated rings. The van der Waals surface area contributed by atoms with E-state index in [-0.39, 0.29) is 38.0 Å². The lowest BCUT2D eigenvalue weighted by molar-refractivity contribution is -0.128. The molecular formula is C33H39N5O6. The van der Waals surface area contributed by atoms with Gasteiger partial charge in [0.2, 0.25) is 11.8 Å². The number of rotatable bonds is 13. The number of aliphatic hydroxyl groups is 1. The van der Waals surface area contributed by atoms with E-state index >= 15 is 0 Å². The Hall–Kier alpha value is -4.90. The third-order valence-electron chi connectivity index (χ3n) is 7.57. The molecule has 11 nitrogen and oxygen atoms in total. The Kier molecular flexibility index (Phi) is 10.9. The number of amides is 5. The average Bonchev–Trinajstić information content (AvgIpc) is 3.33. The molecule has 11 heteroatoms. The number of carbonyl (C=O) groups excluding carboxylic acids is 4. The summed E-state index contributed by atoms with van der Waals surface area (Å²) in [6.45, 7) is 3.74. The van der Waals surface area contributed by atoms with Crippen LogP contribution >= 0.6 is 0 Å². The first-order valence-corrected chi connectivity index (χ1v) is 14.6. The quantitative estimate of drug-likeness (QED) is 0.163. The van der Waals surface area contributed by atoms with E-state index in [1.165, 1.54) is 0 Å². The number of benzene rings is 3. The van der Waals surface area contributed by atoms with E-state index in [9.17, 15) is 24.3 Å². The van der Waals surface area contributed by atoms with E-state index in [0.717, 1.165) is 22.3 Å². The first-order valence-electron chi connectivity index (χ1n) is 14.6. The molecule has 0 heterocycles. The molecule has 2 atom stereocenters. The van der Waals surface area contributed by atoms with Crippen molar-refractivity contribution in [2.24, 2.45) is 11.7 Å². The van der Waals surface area contributed by atoms with Gasteiger partial charge in [-0.25, -0.2) is 9.59 Å². The zero-order chi connectivity index (χ0) is 31.6. The summed E-state index contributed by atoms with van der Waals surface area (Å²) in [7, 11) is 0. The molecule has 7 N–H and O–H groups in total. The Balaban J connectivity index is 1.40. The van der Waals surface area contributed by atoms with Crippen LogP contribution in [0.2, 0.25) is 0 Å². The number of hydrogen-bond donors (Lipinski definition) is 6. The van der Waals surface area contributed by atoms with E-state index in [4.69, 9.17) is 10.5 Å². The van der Waals surface area contributed by atoms with Crippen LogP contribution in [-0.4, -0.2) is 54.3 Å². The molecule has 0 saturated carbocycles. The normalized spacial score (nSPS) is 13.3. The van der Waals surface area contributed by atoms with Crippen molar-refractivity contribution in [2.75, 3.05) is 18.5 Å². The lowest BCUT2D eigenvalue weighted by Crippen LogP contribution is -2.54. The lowest BCUT2D eigenvalue weighted by atomic mass is 9.98. The minimum absolute atomic E-state index is 0.0965. The maximum atomic E-state index is 13.4. The molecule has 3 aromatic rings. The highest BCUT2D eigenvalue weighted by Crippen LogP contribution is 2.44. The van der Waals surface area contributed by atoms with Crippen molar-refractivity contribution in [2.45, 2.75) is 51.3 Å². The molecule has 0 saturated heterocycles. The second-order valence-electron chi connectivity index (χ2n) is 11.0. The predicted octanol–water partition coefficient (Wildman–Crippen LogP) is 3.61. The molecule has 1 unspecified atom stereocenters. The minimum Gasteiger partial charge on any atom is -0.449 e. The SMILES string of the molecule is CC(C)[C@H](NC(=O)OCC1c2ccccc2-c2ccccc21)C(=O)NC(CCCNC(N)=O)C(=O)Nc1ccc(CO)cc1. The first kappa shape index (κ1) is 32.0. The van der Waals surface area contributed by atoms with Crippen LogP contribution in [0.25, 0.3) is 11.1 Å². The molecule has 44 heavy (non-hydrogen) atoms. The van der Waals surface area contributed by atoms with E-state index in [0.29, 0.717) is 17.7 Å². The zero-order valence-electron chi connectivity index (χ0n) is 24.8. The predicted molar refractivity (Wildman–Crippen MR) is 167 cm³/mol. The molecule has 232 valence electrons. The van der Waals surface area contributed by atoms with Gasteiger partial charge in [0.15, 0.2) is 0 Å². The number of carbonyl (C=O) groups is 4. The standard InChI is InChI=1S/C33H39N5O6/c1-20(2)29(38-33(43)44-19-27-25-10-5-3-8-23(25)24-9-4-6-11-26(24)27)31(41)37-28(12-7-17-35-32(34)42)30(40)36-22-15-13-21(18-39)14-16-22/h3-6,8-11,13-16,20,27-29,39H,7,12,17-19H2,1-2H3,(H,36,40)(H,37,41)(H,38,43)(H3,34,35,42)/t28?,29-/m0/s1. The van der Waals surface area contributed by atoms with Gasteiger partial charge in [0.25, 0.3) is 0 Å². The second-order valence-corrected chi connectivity index (χ2v) is 11.0. The van der Waals surface area contributed by atoms with Crippen LogP contribution < -0.4 is 27.0 Å². The van der Waals surface area contributed by atoms with Gasteiger partial charge in [-0.3, -0.25) is 9.59 Å². The summed E-state index contributed by atoms with van der Waals surface area (Å²) in [5, 5.41) is 19.9. The fourth-order valence-electron chi connectivity index (χ4n) is 5.27. The van der Waals surface area contributed by atoms with Gasteiger partial charge in [0.05, 0.1) is 6.61 Å². The topological polar surface area (TPSA) is 172 Å². The summed E-state index contributed by atoms with van der Waals surface area (Å²) in [5.74, 6) is -1.47. The highest BCUT2D eigenvalue weighted by Gasteiger charge is 2.32. The lowest BCUT2D eigenvalue weighted by Gasteiger charge is -2.25. The zero-order valence-corrected chi connectivity index (χ0v) is 24.8. The summed E-state index contributed by atoms with van der Waals surface area (Å²) >= 11 is 0. The van der Waals surface area contributed by atoms with E-state index < -0.39 is 36.0 Å². The summed E-state index contributed by atoms with van der Waals surface area (Å²) in [6.07, 6.45) is -0.185. The maximum absolute atomic E-state index is 13.4. The largest absolute Gasteiger partial charge is 0.449 e. The van der Waals surface area contributed by atoms with Crippen molar-refractivity contribution in [1.82, 2.24) is 16.0 Å². The number of aliphatic hydroxyl groups excluding tert-OH is 1. The number of fused-ring (bicyclic) bond motifs is 3. The van der Waals surface area contributed by atoms with Crippen LogP contribution in [0.4, 0.5) is 15.3 Å². The van der Waals surface area contributed by atoms with Gasteiger partial charge in [-0.1, -0.05) is 74.5 Å². The number of ether oxygens (including phenoxy) is 1. The monoisotopic (exact) mass is 601 g/mol. The maximum Gasteiger partial charge on any atom is 0.407 e. The van der Waals surface area contributed by atoms with Crippen molar-refractivity contribution in [3.05, 3.63) is 89.5 Å². The van der Waals surface area contributed by atoms with Crippen LogP contribution in [0.1, 0.15) is 49.3 Å². The van der Waals surface area contributed by atoms with Crippen LogP contribution in [0.5, 0.6) is 0 Å². The molecule has 0 radical (unpaired) electrons. The number of alkyl carbamates (subject to hydrolysis) is 1. The molecule has 0 bridgehead atoms. The third kappa shape index (κ3) is 8.13. The molecular weight excluding hydrogens is 562 g/mol. The molecule has 5 amide bonds. The third-order valence-corrected chi connectivity index (χ3v) is 7.57. The van der Waals surface area contributed by atoms with Crippen LogP contribution in [0.15, 0.2) is 72.8 Å². The van der Waals surface area contributed by atoms with E-state index in [1.807, 2.05) is 48.5 Å². The Morgan fingerprint density at radius 1 is 0.864 bits per heavy atom. The summed E-state index contributed by atoms with van der Waals surface area (Å²) < 4.78 is 5.64. The number of urea groups is 1. The molecule has 1 aliphatic rings. The number of primary amides is 1. The minimum atomic E-state index is -0.978. The Morgan fingerprint density at radius 2 is 1.48 bits per heavy atom. The van der Waals surface area contributed by atoms with Gasteiger partial charge >= 0.3 is 12.1 Å². The highest BCUT2D eigenvalue weighted by molar-refractivity contribution is 5.98. The van der Waals surface area contributed by atoms with Gasteiger partial charge in [0, 0.05) is 18.2 Å². The molecule has 3 aromatic carbocycles. The molecule has 4 rings (SSSR count). The average molecular weight is 602 g/mol. The van der Waals surface area contributed by atoms with Crippen molar-refractivity contribution in [3.63, 3.8) is 0 Å². The van der Waals surface area contributed by atoms with Crippen LogP contribution in [0.3, 0.4) is 0 Å². The van der Waals surface area contributed by atoms with Gasteiger partial charge < -0.3 is 36.8 Å². The number of nitrogens with two attached hydrogens (primary N) is 1. The van der Waals surface area contributed by atoms with Crippen molar-refractivity contribution in [1.29, 1.82) is 0 Å². The summed E-state index contributed by atoms with van der Waals surface area (Å²) in [5.41, 5.74) is 10.7. The number of hydrogen-bond acceptors (Lipinski definition) is 6. The Morgan fingerprint density at radius 3 is 2.05 bits per heavy atom. The first-order chi connectivity index (χ1) is 21.2. The Bertz CT molecular complexity index is 1430. The summed E-state index contributed by atoms with van der Waals surface area (Å²) in [6, 6.07) is 20.0. The van der Waals surface area contributed by atoms with Crippen LogP contribution in [-0.2, 0) is 20.9 Å². The molecule has 0 spiro atoms. The van der Waals surface area contributed by atoms with Gasteiger partial charge in [-0.2, -0.15) is 0 Å². The smallest absolute Gasteiger partial charge is 0.407 e. The fraction of sp³-hybridized carbons (Fsp3) is 0.333. The molecule has 0 aliphatic heterocycles. The van der Waals surface area contributed by atoms with Crippen molar-refractivity contribution in [3.8, 4) is 11.1 Å². The molecule has 1 aliphatic carbocycles. The molecule has 0 aromatic heterocycles. The van der Waals surface area contributed by atoms with E-state index in [1.54, 1.807) is 38.1 Å².